The fourth-order valence-corrected chi connectivity index (χ4v) is 3.33. The zero-order chi connectivity index (χ0) is 18.2. The lowest BCUT2D eigenvalue weighted by atomic mass is 9.88. The van der Waals surface area contributed by atoms with Gasteiger partial charge in [-0.15, -0.1) is 0 Å². The average Bonchev–Trinajstić information content (AvgIpc) is 2.94. The third-order valence-corrected chi connectivity index (χ3v) is 4.50. The number of hydrogen-bond donors (Lipinski definition) is 1. The highest BCUT2D eigenvalue weighted by Gasteiger charge is 2.30. The number of amides is 1. The molecule has 3 rings (SSSR count). The molecular formula is C19H25NO5. The Labute approximate surface area is 147 Å². The molecule has 0 unspecified atom stereocenters. The molecular weight excluding hydrogens is 322 g/mol. The SMILES string of the molecule is COc1ccc2c(O)coc2c1C1CCN(C(=O)OC(C)(C)C)CC1. The van der Waals surface area contributed by atoms with Crippen molar-refractivity contribution >= 4 is 17.1 Å². The predicted octanol–water partition coefficient (Wildman–Crippen LogP) is 4.26. The summed E-state index contributed by atoms with van der Waals surface area (Å²) in [6.07, 6.45) is 2.65. The van der Waals surface area contributed by atoms with Crippen molar-refractivity contribution in [1.29, 1.82) is 0 Å². The van der Waals surface area contributed by atoms with Gasteiger partial charge < -0.3 is 23.9 Å². The van der Waals surface area contributed by atoms with Gasteiger partial charge in [0.05, 0.1) is 12.5 Å². The van der Waals surface area contributed by atoms with E-state index in [-0.39, 0.29) is 17.8 Å². The van der Waals surface area contributed by atoms with E-state index in [1.54, 1.807) is 18.1 Å². The van der Waals surface area contributed by atoms with Gasteiger partial charge in [0.15, 0.2) is 5.75 Å². The molecule has 1 aliphatic rings. The highest BCUT2D eigenvalue weighted by atomic mass is 16.6. The summed E-state index contributed by atoms with van der Waals surface area (Å²) in [7, 11) is 1.63. The van der Waals surface area contributed by atoms with Gasteiger partial charge in [-0.2, -0.15) is 0 Å². The van der Waals surface area contributed by atoms with E-state index in [2.05, 4.69) is 0 Å². The molecule has 1 fully saturated rings. The highest BCUT2D eigenvalue weighted by molar-refractivity contribution is 5.88. The molecule has 0 saturated carbocycles. The summed E-state index contributed by atoms with van der Waals surface area (Å²) in [6.45, 7) is 6.84. The molecule has 1 aromatic carbocycles. The van der Waals surface area contributed by atoms with Gasteiger partial charge >= 0.3 is 6.09 Å². The number of likely N-dealkylation sites (tertiary alicyclic amines) is 1. The second kappa shape index (κ2) is 6.50. The van der Waals surface area contributed by atoms with Crippen molar-refractivity contribution in [1.82, 2.24) is 4.90 Å². The van der Waals surface area contributed by atoms with Gasteiger partial charge in [-0.05, 0) is 51.7 Å². The Kier molecular flexibility index (Phi) is 4.54. The second-order valence-corrected chi connectivity index (χ2v) is 7.42. The quantitative estimate of drug-likeness (QED) is 0.879. The number of aromatic hydroxyl groups is 1. The maximum atomic E-state index is 12.2. The van der Waals surface area contributed by atoms with E-state index < -0.39 is 5.60 Å². The van der Waals surface area contributed by atoms with Crippen molar-refractivity contribution in [3.05, 3.63) is 24.0 Å². The van der Waals surface area contributed by atoms with E-state index in [9.17, 15) is 9.90 Å². The molecule has 1 N–H and O–H groups in total. The lowest BCUT2D eigenvalue weighted by Gasteiger charge is -2.34. The molecule has 0 aliphatic carbocycles. The minimum atomic E-state index is -0.492. The maximum Gasteiger partial charge on any atom is 0.410 e. The summed E-state index contributed by atoms with van der Waals surface area (Å²) >= 11 is 0. The van der Waals surface area contributed by atoms with E-state index in [1.807, 2.05) is 26.8 Å². The number of carbonyl (C=O) groups excluding carboxylic acids is 1. The van der Waals surface area contributed by atoms with Gasteiger partial charge in [0.1, 0.15) is 23.2 Å². The molecule has 136 valence electrons. The van der Waals surface area contributed by atoms with Crippen LogP contribution in [0.5, 0.6) is 11.5 Å². The summed E-state index contributed by atoms with van der Waals surface area (Å²) in [5, 5.41) is 10.6. The van der Waals surface area contributed by atoms with Crippen LogP contribution in [0.2, 0.25) is 0 Å². The minimum absolute atomic E-state index is 0.130. The molecule has 2 heterocycles. The molecule has 1 aromatic heterocycles. The first-order chi connectivity index (χ1) is 11.8. The molecule has 0 spiro atoms. The third-order valence-electron chi connectivity index (χ3n) is 4.50. The molecule has 1 amide bonds. The van der Waals surface area contributed by atoms with E-state index in [1.165, 1.54) is 6.26 Å². The lowest BCUT2D eigenvalue weighted by molar-refractivity contribution is 0.0204. The monoisotopic (exact) mass is 347 g/mol. The molecule has 0 radical (unpaired) electrons. The third kappa shape index (κ3) is 3.52. The zero-order valence-corrected chi connectivity index (χ0v) is 15.2. The van der Waals surface area contributed by atoms with Crippen LogP contribution in [-0.2, 0) is 4.74 Å². The van der Waals surface area contributed by atoms with Crippen LogP contribution in [0.3, 0.4) is 0 Å². The van der Waals surface area contributed by atoms with E-state index >= 15 is 0 Å². The topological polar surface area (TPSA) is 72.1 Å². The number of furan rings is 1. The molecule has 2 aromatic rings. The number of carbonyl (C=O) groups is 1. The Morgan fingerprint density at radius 1 is 1.28 bits per heavy atom. The van der Waals surface area contributed by atoms with Crippen molar-refractivity contribution in [2.75, 3.05) is 20.2 Å². The first kappa shape index (κ1) is 17.5. The number of methoxy groups -OCH3 is 1. The highest BCUT2D eigenvalue weighted by Crippen LogP contribution is 2.42. The van der Waals surface area contributed by atoms with Crippen molar-refractivity contribution in [2.24, 2.45) is 0 Å². The van der Waals surface area contributed by atoms with Gasteiger partial charge in [0, 0.05) is 18.7 Å². The fourth-order valence-electron chi connectivity index (χ4n) is 3.33. The molecule has 0 bridgehead atoms. The number of rotatable bonds is 2. The number of fused-ring (bicyclic) bond motifs is 1. The molecule has 1 aliphatic heterocycles. The summed E-state index contributed by atoms with van der Waals surface area (Å²) < 4.78 is 16.5. The Balaban J connectivity index is 1.79. The number of piperidine rings is 1. The molecule has 25 heavy (non-hydrogen) atoms. The van der Waals surface area contributed by atoms with Gasteiger partial charge in [-0.3, -0.25) is 0 Å². The average molecular weight is 347 g/mol. The number of hydrogen-bond acceptors (Lipinski definition) is 5. The normalized spacial score (nSPS) is 16.2. The fraction of sp³-hybridized carbons (Fsp3) is 0.526. The Morgan fingerprint density at radius 2 is 1.96 bits per heavy atom. The van der Waals surface area contributed by atoms with E-state index in [4.69, 9.17) is 13.9 Å². The summed E-state index contributed by atoms with van der Waals surface area (Å²) in [5.74, 6) is 1.07. The van der Waals surface area contributed by atoms with Crippen LogP contribution in [0.4, 0.5) is 4.79 Å². The maximum absolute atomic E-state index is 12.2. The van der Waals surface area contributed by atoms with Crippen LogP contribution in [0.15, 0.2) is 22.8 Å². The van der Waals surface area contributed by atoms with Gasteiger partial charge in [0.2, 0.25) is 0 Å². The Bertz CT molecular complexity index is 766. The van der Waals surface area contributed by atoms with Crippen LogP contribution in [0.25, 0.3) is 11.0 Å². The molecule has 6 heteroatoms. The lowest BCUT2D eigenvalue weighted by Crippen LogP contribution is -2.41. The number of ether oxygens (including phenoxy) is 2. The van der Waals surface area contributed by atoms with E-state index in [0.717, 1.165) is 24.2 Å². The van der Waals surface area contributed by atoms with Crippen LogP contribution in [-0.4, -0.2) is 41.9 Å². The van der Waals surface area contributed by atoms with E-state index in [0.29, 0.717) is 24.1 Å². The summed E-state index contributed by atoms with van der Waals surface area (Å²) in [6, 6.07) is 3.65. The van der Waals surface area contributed by atoms with Crippen LogP contribution in [0.1, 0.15) is 45.1 Å². The number of benzene rings is 1. The van der Waals surface area contributed by atoms with Crippen LogP contribution >= 0.6 is 0 Å². The first-order valence-corrected chi connectivity index (χ1v) is 8.55. The predicted molar refractivity (Wildman–Crippen MR) is 94.2 cm³/mol. The minimum Gasteiger partial charge on any atom is -0.504 e. The second-order valence-electron chi connectivity index (χ2n) is 7.42. The molecule has 0 atom stereocenters. The number of nitrogens with zero attached hydrogens (tertiary/aromatic N) is 1. The van der Waals surface area contributed by atoms with Crippen LogP contribution in [0, 0.1) is 0 Å². The smallest absolute Gasteiger partial charge is 0.410 e. The van der Waals surface area contributed by atoms with Gasteiger partial charge in [0.25, 0.3) is 0 Å². The van der Waals surface area contributed by atoms with Gasteiger partial charge in [-0.25, -0.2) is 4.79 Å². The van der Waals surface area contributed by atoms with Gasteiger partial charge in [-0.1, -0.05) is 0 Å². The summed E-state index contributed by atoms with van der Waals surface area (Å²) in [5.41, 5.74) is 1.13. The first-order valence-electron chi connectivity index (χ1n) is 8.55. The molecule has 1 saturated heterocycles. The van der Waals surface area contributed by atoms with Crippen LogP contribution < -0.4 is 4.74 Å². The standard InChI is InChI=1S/C19H25NO5/c1-19(2,3)25-18(22)20-9-7-12(8-10-20)16-15(23-4)6-5-13-14(21)11-24-17(13)16/h5-6,11-12,21H,7-10H2,1-4H3. The summed E-state index contributed by atoms with van der Waals surface area (Å²) in [4.78, 5) is 14.0. The Hall–Kier alpha value is -2.37. The Morgan fingerprint density at radius 3 is 2.56 bits per heavy atom. The van der Waals surface area contributed by atoms with Crippen molar-refractivity contribution in [3.63, 3.8) is 0 Å². The largest absolute Gasteiger partial charge is 0.504 e. The molecule has 6 nitrogen and oxygen atoms in total. The van der Waals surface area contributed by atoms with Crippen molar-refractivity contribution < 1.29 is 23.8 Å². The van der Waals surface area contributed by atoms with Crippen molar-refractivity contribution in [2.45, 2.75) is 45.1 Å². The zero-order valence-electron chi connectivity index (χ0n) is 15.2. The van der Waals surface area contributed by atoms with Crippen molar-refractivity contribution in [3.8, 4) is 11.5 Å².